The molecule has 0 radical (unpaired) electrons. The summed E-state index contributed by atoms with van der Waals surface area (Å²) in [5, 5.41) is 7.40. The summed E-state index contributed by atoms with van der Waals surface area (Å²) in [5.74, 6) is 0.820. The Hall–Kier alpha value is -2.90. The van der Waals surface area contributed by atoms with Gasteiger partial charge in [0.05, 0.1) is 5.69 Å². The molecule has 136 valence electrons. The van der Waals surface area contributed by atoms with E-state index in [4.69, 9.17) is 4.98 Å². The average Bonchev–Trinajstić information content (AvgIpc) is 3.15. The molecule has 1 saturated heterocycles. The molecule has 0 spiro atoms. The second kappa shape index (κ2) is 6.44. The van der Waals surface area contributed by atoms with Crippen LogP contribution in [0.2, 0.25) is 0 Å². The van der Waals surface area contributed by atoms with Gasteiger partial charge in [-0.2, -0.15) is 5.10 Å². The van der Waals surface area contributed by atoms with E-state index in [-0.39, 0.29) is 11.9 Å². The second-order valence-electron chi connectivity index (χ2n) is 6.87. The quantitative estimate of drug-likeness (QED) is 0.770. The second-order valence-corrected chi connectivity index (χ2v) is 6.87. The molecule has 1 atom stereocenters. The highest BCUT2D eigenvalue weighted by atomic mass is 16.2. The van der Waals surface area contributed by atoms with E-state index in [2.05, 4.69) is 20.3 Å². The molecule has 1 amide bonds. The lowest BCUT2D eigenvalue weighted by molar-refractivity contribution is 0.0923. The minimum Gasteiger partial charge on any atom is -0.346 e. The Morgan fingerprint density at radius 1 is 1.35 bits per heavy atom. The van der Waals surface area contributed by atoms with Crippen LogP contribution in [0.25, 0.3) is 11.2 Å². The van der Waals surface area contributed by atoms with Crippen LogP contribution >= 0.6 is 0 Å². The molecule has 1 unspecified atom stereocenters. The van der Waals surface area contributed by atoms with Crippen LogP contribution in [0.3, 0.4) is 0 Å². The Balaban J connectivity index is 1.51. The first-order valence-electron chi connectivity index (χ1n) is 8.87. The van der Waals surface area contributed by atoms with Crippen molar-refractivity contribution >= 4 is 23.0 Å². The number of hydrogen-bond acceptors (Lipinski definition) is 5. The number of nitrogens with one attached hydrogen (secondary N) is 1. The Morgan fingerprint density at radius 2 is 2.19 bits per heavy atom. The lowest BCUT2D eigenvalue weighted by atomic mass is 10.1. The summed E-state index contributed by atoms with van der Waals surface area (Å²) in [4.78, 5) is 23.9. The van der Waals surface area contributed by atoms with Crippen LogP contribution in [-0.2, 0) is 14.1 Å². The first-order valence-corrected chi connectivity index (χ1v) is 8.87. The minimum absolute atomic E-state index is 0.0772. The maximum Gasteiger partial charge on any atom is 0.269 e. The van der Waals surface area contributed by atoms with Gasteiger partial charge in [-0.3, -0.25) is 14.0 Å². The molecule has 8 nitrogen and oxygen atoms in total. The minimum atomic E-state index is -0.0772. The van der Waals surface area contributed by atoms with Gasteiger partial charge >= 0.3 is 0 Å². The number of carbonyl (C=O) groups excluding carboxylic acids is 1. The number of hydrogen-bond donors (Lipinski definition) is 1. The van der Waals surface area contributed by atoms with Gasteiger partial charge in [0, 0.05) is 39.4 Å². The molecule has 4 heterocycles. The normalized spacial score (nSPS) is 17.7. The number of rotatable bonds is 3. The van der Waals surface area contributed by atoms with Gasteiger partial charge < -0.3 is 10.2 Å². The number of carbonyl (C=O) groups is 1. The van der Waals surface area contributed by atoms with E-state index in [9.17, 15) is 4.79 Å². The largest absolute Gasteiger partial charge is 0.346 e. The van der Waals surface area contributed by atoms with Gasteiger partial charge in [-0.25, -0.2) is 9.97 Å². The lowest BCUT2D eigenvalue weighted by Gasteiger charge is -2.33. The Labute approximate surface area is 151 Å². The standard InChI is InChI=1S/C18H23N7O/c1-12-10-15(24(3)22-12)17(26)20-13-6-5-9-25(11-13)18-21-14-7-4-8-19-16(14)23(18)2/h4,7-8,10,13H,5-6,9,11H2,1-3H3,(H,20,26). The van der Waals surface area contributed by atoms with Gasteiger partial charge in [0.25, 0.3) is 5.91 Å². The van der Waals surface area contributed by atoms with Gasteiger partial charge in [0.2, 0.25) is 5.95 Å². The molecular formula is C18H23N7O. The molecular weight excluding hydrogens is 330 g/mol. The van der Waals surface area contributed by atoms with E-state index < -0.39 is 0 Å². The summed E-state index contributed by atoms with van der Waals surface area (Å²) in [6.45, 7) is 3.55. The zero-order valence-corrected chi connectivity index (χ0v) is 15.3. The van der Waals surface area contributed by atoms with Gasteiger partial charge in [-0.1, -0.05) is 0 Å². The highest BCUT2D eigenvalue weighted by molar-refractivity contribution is 5.92. The summed E-state index contributed by atoms with van der Waals surface area (Å²) in [5.41, 5.74) is 3.20. The molecule has 1 fully saturated rings. The SMILES string of the molecule is Cc1cc(C(=O)NC2CCCN(c3nc4cccnc4n3C)C2)n(C)n1. The molecule has 0 aliphatic carbocycles. The van der Waals surface area contributed by atoms with Gasteiger partial charge in [-0.05, 0) is 38.0 Å². The summed E-state index contributed by atoms with van der Waals surface area (Å²) < 4.78 is 3.65. The predicted octanol–water partition coefficient (Wildman–Crippen LogP) is 1.41. The van der Waals surface area contributed by atoms with E-state index in [1.54, 1.807) is 17.9 Å². The van der Waals surface area contributed by atoms with Crippen LogP contribution < -0.4 is 10.2 Å². The van der Waals surface area contributed by atoms with Crippen LogP contribution in [-0.4, -0.2) is 49.4 Å². The highest BCUT2D eigenvalue weighted by Gasteiger charge is 2.26. The van der Waals surface area contributed by atoms with Crippen molar-refractivity contribution in [1.29, 1.82) is 0 Å². The number of imidazole rings is 1. The fraction of sp³-hybridized carbons (Fsp3) is 0.444. The molecule has 3 aromatic rings. The molecule has 0 saturated carbocycles. The zero-order valence-electron chi connectivity index (χ0n) is 15.3. The summed E-state index contributed by atoms with van der Waals surface area (Å²) in [7, 11) is 3.78. The van der Waals surface area contributed by atoms with E-state index >= 15 is 0 Å². The number of amides is 1. The molecule has 0 aromatic carbocycles. The highest BCUT2D eigenvalue weighted by Crippen LogP contribution is 2.23. The molecule has 1 aliphatic heterocycles. The lowest BCUT2D eigenvalue weighted by Crippen LogP contribution is -2.48. The molecule has 26 heavy (non-hydrogen) atoms. The van der Waals surface area contributed by atoms with Gasteiger partial charge in [-0.15, -0.1) is 0 Å². The molecule has 8 heteroatoms. The average molecular weight is 353 g/mol. The number of piperidine rings is 1. The number of fused-ring (bicyclic) bond motifs is 1. The third-order valence-corrected chi connectivity index (χ3v) is 4.88. The van der Waals surface area contributed by atoms with Crippen molar-refractivity contribution in [2.75, 3.05) is 18.0 Å². The maximum absolute atomic E-state index is 12.6. The van der Waals surface area contributed by atoms with E-state index in [1.165, 1.54) is 0 Å². The molecule has 1 aliphatic rings. The van der Waals surface area contributed by atoms with Crippen molar-refractivity contribution < 1.29 is 4.79 Å². The topological polar surface area (TPSA) is 80.9 Å². The number of nitrogens with zero attached hydrogens (tertiary/aromatic N) is 6. The monoisotopic (exact) mass is 353 g/mol. The van der Waals surface area contributed by atoms with Crippen LogP contribution in [0.5, 0.6) is 0 Å². The number of aromatic nitrogens is 5. The first kappa shape index (κ1) is 16.6. The molecule has 0 bridgehead atoms. The molecule has 1 N–H and O–H groups in total. The van der Waals surface area contributed by atoms with Crippen molar-refractivity contribution in [2.45, 2.75) is 25.8 Å². The van der Waals surface area contributed by atoms with Crippen molar-refractivity contribution in [3.05, 3.63) is 35.8 Å². The van der Waals surface area contributed by atoms with Gasteiger partial charge in [0.15, 0.2) is 5.65 Å². The van der Waals surface area contributed by atoms with Crippen molar-refractivity contribution in [3.8, 4) is 0 Å². The number of anilines is 1. The smallest absolute Gasteiger partial charge is 0.269 e. The Bertz CT molecular complexity index is 958. The maximum atomic E-state index is 12.6. The van der Waals surface area contributed by atoms with Crippen LogP contribution in [0.4, 0.5) is 5.95 Å². The fourth-order valence-corrected chi connectivity index (χ4v) is 3.65. The third kappa shape index (κ3) is 2.91. The summed E-state index contributed by atoms with van der Waals surface area (Å²) in [6, 6.07) is 5.76. The van der Waals surface area contributed by atoms with Crippen molar-refractivity contribution in [2.24, 2.45) is 14.1 Å². The number of aryl methyl sites for hydroxylation is 3. The van der Waals surface area contributed by atoms with Crippen molar-refractivity contribution in [3.63, 3.8) is 0 Å². The third-order valence-electron chi connectivity index (χ3n) is 4.88. The van der Waals surface area contributed by atoms with Crippen LogP contribution in [0.15, 0.2) is 24.4 Å². The number of pyridine rings is 1. The van der Waals surface area contributed by atoms with E-state index in [0.29, 0.717) is 5.69 Å². The van der Waals surface area contributed by atoms with Crippen LogP contribution in [0, 0.1) is 6.92 Å². The Morgan fingerprint density at radius 3 is 2.92 bits per heavy atom. The zero-order chi connectivity index (χ0) is 18.3. The molecule has 3 aromatic heterocycles. The predicted molar refractivity (Wildman–Crippen MR) is 99.2 cm³/mol. The van der Waals surface area contributed by atoms with Crippen LogP contribution in [0.1, 0.15) is 29.0 Å². The first-order chi connectivity index (χ1) is 12.5. The molecule has 4 rings (SSSR count). The fourth-order valence-electron chi connectivity index (χ4n) is 3.65. The van der Waals surface area contributed by atoms with E-state index in [0.717, 1.165) is 48.7 Å². The van der Waals surface area contributed by atoms with E-state index in [1.807, 2.05) is 36.7 Å². The van der Waals surface area contributed by atoms with Crippen molar-refractivity contribution in [1.82, 2.24) is 29.6 Å². The summed E-state index contributed by atoms with van der Waals surface area (Å²) in [6.07, 6.45) is 3.75. The van der Waals surface area contributed by atoms with Gasteiger partial charge in [0.1, 0.15) is 11.2 Å². The summed E-state index contributed by atoms with van der Waals surface area (Å²) >= 11 is 0. The Kier molecular flexibility index (Phi) is 4.10.